The molecule has 1 amide bonds. The Hall–Kier alpha value is -2.12. The Labute approximate surface area is 151 Å². The van der Waals surface area contributed by atoms with Gasteiger partial charge in [-0.25, -0.2) is 12.8 Å². The van der Waals surface area contributed by atoms with Gasteiger partial charge in [-0.15, -0.1) is 0 Å². The Balaban J connectivity index is 2.34. The number of hydrogen-bond acceptors (Lipinski definition) is 3. The lowest BCUT2D eigenvalue weighted by Gasteiger charge is -2.30. The van der Waals surface area contributed by atoms with Gasteiger partial charge in [0.05, 0.1) is 11.9 Å². The highest BCUT2D eigenvalue weighted by Gasteiger charge is 2.31. The first-order chi connectivity index (χ1) is 11.7. The summed E-state index contributed by atoms with van der Waals surface area (Å²) in [5.41, 5.74) is 0.724. The second kappa shape index (κ2) is 7.84. The first-order valence-electron chi connectivity index (χ1n) is 7.53. The average Bonchev–Trinajstić information content (AvgIpc) is 2.54. The summed E-state index contributed by atoms with van der Waals surface area (Å²) >= 11 is 5.81. The van der Waals surface area contributed by atoms with Gasteiger partial charge in [0.25, 0.3) is 0 Å². The number of anilines is 2. The van der Waals surface area contributed by atoms with Crippen molar-refractivity contribution in [1.29, 1.82) is 0 Å². The van der Waals surface area contributed by atoms with E-state index in [1.807, 2.05) is 0 Å². The number of amides is 1. The van der Waals surface area contributed by atoms with Crippen molar-refractivity contribution in [3.8, 4) is 0 Å². The van der Waals surface area contributed by atoms with Crippen molar-refractivity contribution >= 4 is 38.9 Å². The van der Waals surface area contributed by atoms with Crippen LogP contribution in [0.3, 0.4) is 0 Å². The summed E-state index contributed by atoms with van der Waals surface area (Å²) in [6.45, 7) is 1.70. The number of rotatable bonds is 6. The minimum atomic E-state index is -3.76. The highest BCUT2D eigenvalue weighted by molar-refractivity contribution is 7.92. The molecule has 2 aromatic carbocycles. The number of hydrogen-bond donors (Lipinski definition) is 1. The summed E-state index contributed by atoms with van der Waals surface area (Å²) in [5, 5.41) is 3.20. The molecule has 134 valence electrons. The third-order valence-electron chi connectivity index (χ3n) is 3.52. The van der Waals surface area contributed by atoms with E-state index in [1.165, 1.54) is 12.1 Å². The van der Waals surface area contributed by atoms with Crippen LogP contribution in [0.1, 0.15) is 13.3 Å². The van der Waals surface area contributed by atoms with Crippen LogP contribution in [0.4, 0.5) is 15.8 Å². The molecule has 0 radical (unpaired) electrons. The minimum Gasteiger partial charge on any atom is -0.324 e. The van der Waals surface area contributed by atoms with E-state index in [4.69, 9.17) is 11.6 Å². The zero-order valence-electron chi connectivity index (χ0n) is 13.7. The van der Waals surface area contributed by atoms with Crippen molar-refractivity contribution in [3.63, 3.8) is 0 Å². The molecule has 0 aromatic heterocycles. The SMILES string of the molecule is CCC(C(=O)Nc1ccc(Cl)cc1)N(c1ccc(F)cc1)S(C)(=O)=O. The van der Waals surface area contributed by atoms with Gasteiger partial charge in [0.2, 0.25) is 15.9 Å². The van der Waals surface area contributed by atoms with E-state index in [1.54, 1.807) is 31.2 Å². The first kappa shape index (κ1) is 19.2. The predicted octanol–water partition coefficient (Wildman–Crippen LogP) is 3.66. The van der Waals surface area contributed by atoms with Gasteiger partial charge in [0, 0.05) is 10.7 Å². The molecule has 0 spiro atoms. The largest absolute Gasteiger partial charge is 0.324 e. The van der Waals surface area contributed by atoms with Crippen LogP contribution in [0.25, 0.3) is 0 Å². The summed E-state index contributed by atoms with van der Waals surface area (Å²) in [6, 6.07) is 10.5. The first-order valence-corrected chi connectivity index (χ1v) is 9.76. The number of sulfonamides is 1. The van der Waals surface area contributed by atoms with Crippen LogP contribution in [-0.4, -0.2) is 26.6 Å². The number of halogens is 2. The van der Waals surface area contributed by atoms with E-state index in [0.717, 1.165) is 22.7 Å². The maximum Gasteiger partial charge on any atom is 0.248 e. The van der Waals surface area contributed by atoms with Crippen molar-refractivity contribution < 1.29 is 17.6 Å². The number of nitrogens with zero attached hydrogens (tertiary/aromatic N) is 1. The van der Waals surface area contributed by atoms with Crippen molar-refractivity contribution in [2.45, 2.75) is 19.4 Å². The smallest absolute Gasteiger partial charge is 0.248 e. The Kier molecular flexibility index (Phi) is 6.02. The van der Waals surface area contributed by atoms with E-state index in [9.17, 15) is 17.6 Å². The molecule has 1 unspecified atom stereocenters. The lowest BCUT2D eigenvalue weighted by Crippen LogP contribution is -2.47. The lowest BCUT2D eigenvalue weighted by atomic mass is 10.2. The Morgan fingerprint density at radius 2 is 1.72 bits per heavy atom. The lowest BCUT2D eigenvalue weighted by molar-refractivity contribution is -0.117. The van der Waals surface area contributed by atoms with E-state index in [0.29, 0.717) is 10.7 Å². The fourth-order valence-corrected chi connectivity index (χ4v) is 3.74. The van der Waals surface area contributed by atoms with Gasteiger partial charge in [-0.05, 0) is 55.0 Å². The van der Waals surface area contributed by atoms with Gasteiger partial charge in [0.15, 0.2) is 0 Å². The van der Waals surface area contributed by atoms with Crippen LogP contribution in [0.2, 0.25) is 5.02 Å². The zero-order valence-corrected chi connectivity index (χ0v) is 15.3. The number of nitrogens with one attached hydrogen (secondary N) is 1. The summed E-state index contributed by atoms with van der Waals surface area (Å²) in [4.78, 5) is 12.6. The quantitative estimate of drug-likeness (QED) is 0.826. The highest BCUT2D eigenvalue weighted by Crippen LogP contribution is 2.24. The third kappa shape index (κ3) is 4.93. The monoisotopic (exact) mass is 384 g/mol. The molecule has 0 saturated heterocycles. The standard InChI is InChI=1S/C17H18ClFN2O3S/c1-3-16(17(22)20-14-8-4-12(18)5-9-14)21(25(2,23)24)15-10-6-13(19)7-11-15/h4-11,16H,3H2,1-2H3,(H,20,22). The molecule has 1 N–H and O–H groups in total. The summed E-state index contributed by atoms with van der Waals surface area (Å²) in [7, 11) is -3.76. The molecule has 0 fully saturated rings. The molecule has 8 heteroatoms. The summed E-state index contributed by atoms with van der Waals surface area (Å²) in [5.74, 6) is -0.976. The second-order valence-corrected chi connectivity index (χ2v) is 7.75. The molecular weight excluding hydrogens is 367 g/mol. The molecule has 0 heterocycles. The molecule has 0 aliphatic carbocycles. The van der Waals surface area contributed by atoms with Gasteiger partial charge in [-0.2, -0.15) is 0 Å². The Morgan fingerprint density at radius 3 is 2.20 bits per heavy atom. The Bertz CT molecular complexity index is 839. The average molecular weight is 385 g/mol. The van der Waals surface area contributed by atoms with Gasteiger partial charge in [-0.3, -0.25) is 9.10 Å². The summed E-state index contributed by atoms with van der Waals surface area (Å²) in [6.07, 6.45) is 1.25. The molecule has 5 nitrogen and oxygen atoms in total. The number of carbonyl (C=O) groups excluding carboxylic acids is 1. The van der Waals surface area contributed by atoms with Crippen molar-refractivity contribution in [2.24, 2.45) is 0 Å². The third-order valence-corrected chi connectivity index (χ3v) is 4.95. The fourth-order valence-electron chi connectivity index (χ4n) is 2.41. The maximum absolute atomic E-state index is 13.2. The van der Waals surface area contributed by atoms with Crippen LogP contribution >= 0.6 is 11.6 Å². The molecule has 1 atom stereocenters. The molecule has 0 aliphatic rings. The molecule has 2 rings (SSSR count). The van der Waals surface area contributed by atoms with Crippen molar-refractivity contribution in [1.82, 2.24) is 0 Å². The predicted molar refractivity (Wildman–Crippen MR) is 97.9 cm³/mol. The van der Waals surface area contributed by atoms with Crippen molar-refractivity contribution in [3.05, 3.63) is 59.4 Å². The number of benzene rings is 2. The van der Waals surface area contributed by atoms with Gasteiger partial charge < -0.3 is 5.32 Å². The highest BCUT2D eigenvalue weighted by atomic mass is 35.5. The maximum atomic E-state index is 13.2. The molecular formula is C17H18ClFN2O3S. The van der Waals surface area contributed by atoms with E-state index in [-0.39, 0.29) is 12.1 Å². The summed E-state index contributed by atoms with van der Waals surface area (Å²) < 4.78 is 38.7. The molecule has 0 saturated carbocycles. The molecule has 0 bridgehead atoms. The van der Waals surface area contributed by atoms with Crippen LogP contribution in [-0.2, 0) is 14.8 Å². The number of carbonyl (C=O) groups is 1. The molecule has 25 heavy (non-hydrogen) atoms. The van der Waals surface area contributed by atoms with Gasteiger partial charge >= 0.3 is 0 Å². The van der Waals surface area contributed by atoms with Crippen LogP contribution in [0, 0.1) is 5.82 Å². The second-order valence-electron chi connectivity index (χ2n) is 5.46. The zero-order chi connectivity index (χ0) is 18.6. The van der Waals surface area contributed by atoms with Gasteiger partial charge in [0.1, 0.15) is 11.9 Å². The fraction of sp³-hybridized carbons (Fsp3) is 0.235. The normalized spacial score (nSPS) is 12.5. The van der Waals surface area contributed by atoms with Gasteiger partial charge in [-0.1, -0.05) is 18.5 Å². The Morgan fingerprint density at radius 1 is 1.16 bits per heavy atom. The minimum absolute atomic E-state index is 0.224. The van der Waals surface area contributed by atoms with Crippen LogP contribution in [0.15, 0.2) is 48.5 Å². The van der Waals surface area contributed by atoms with Crippen molar-refractivity contribution in [2.75, 3.05) is 15.9 Å². The van der Waals surface area contributed by atoms with E-state index < -0.39 is 27.8 Å². The topological polar surface area (TPSA) is 66.5 Å². The van der Waals surface area contributed by atoms with Crippen LogP contribution < -0.4 is 9.62 Å². The molecule has 0 aliphatic heterocycles. The van der Waals surface area contributed by atoms with E-state index >= 15 is 0 Å². The van der Waals surface area contributed by atoms with Crippen LogP contribution in [0.5, 0.6) is 0 Å². The molecule has 2 aromatic rings. The van der Waals surface area contributed by atoms with E-state index in [2.05, 4.69) is 5.32 Å².